The molecular formula is C48H82NO9P. The number of likely N-dealkylation sites (N-methyl/N-ethyl adjacent to an activating group) is 1. The number of unbranched alkanes of at least 4 members (excludes halogenated alkanes) is 11. The summed E-state index contributed by atoms with van der Waals surface area (Å²) < 4.78 is 33.7. The third kappa shape index (κ3) is 43.1. The van der Waals surface area contributed by atoms with Gasteiger partial charge in [-0.25, -0.2) is 0 Å². The van der Waals surface area contributed by atoms with Crippen LogP contribution in [-0.4, -0.2) is 81.2 Å². The molecule has 59 heavy (non-hydrogen) atoms. The SMILES string of the molecule is CC/C=C\C/C=C\C/C=C\C/C=C\C/C=C\C=C/C(O)CCC(=O)OC[C@H](COP(=O)([O-])OCC[N+](C)(C)C)OC(=O)CCCCCCCCC/C=C\CCCCCC. The van der Waals surface area contributed by atoms with Gasteiger partial charge < -0.3 is 33.0 Å². The molecule has 0 amide bonds. The van der Waals surface area contributed by atoms with Crippen molar-refractivity contribution in [2.24, 2.45) is 0 Å². The Morgan fingerprint density at radius 1 is 0.644 bits per heavy atom. The highest BCUT2D eigenvalue weighted by Crippen LogP contribution is 2.38. The van der Waals surface area contributed by atoms with Crippen LogP contribution in [0.1, 0.15) is 149 Å². The van der Waals surface area contributed by atoms with E-state index >= 15 is 0 Å². The van der Waals surface area contributed by atoms with Crippen molar-refractivity contribution < 1.29 is 47.2 Å². The lowest BCUT2D eigenvalue weighted by Gasteiger charge is -2.28. The summed E-state index contributed by atoms with van der Waals surface area (Å²) in [5, 5.41) is 10.3. The number of esters is 2. The fourth-order valence-corrected chi connectivity index (χ4v) is 6.19. The van der Waals surface area contributed by atoms with Gasteiger partial charge >= 0.3 is 11.9 Å². The molecule has 0 saturated carbocycles. The molecule has 0 heterocycles. The number of rotatable bonds is 39. The van der Waals surface area contributed by atoms with E-state index in [1.165, 1.54) is 51.4 Å². The summed E-state index contributed by atoms with van der Waals surface area (Å²) in [6.45, 7) is 3.80. The van der Waals surface area contributed by atoms with Crippen LogP contribution in [0.15, 0.2) is 85.1 Å². The predicted molar refractivity (Wildman–Crippen MR) is 242 cm³/mol. The Bertz CT molecular complexity index is 1300. The molecule has 1 N–H and O–H groups in total. The zero-order chi connectivity index (χ0) is 43.7. The third-order valence-electron chi connectivity index (χ3n) is 9.02. The average Bonchev–Trinajstić information content (AvgIpc) is 3.18. The van der Waals surface area contributed by atoms with Crippen LogP contribution in [0.4, 0.5) is 0 Å². The molecule has 0 fully saturated rings. The van der Waals surface area contributed by atoms with E-state index in [2.05, 4.69) is 74.6 Å². The molecule has 10 nitrogen and oxygen atoms in total. The van der Waals surface area contributed by atoms with Crippen LogP contribution < -0.4 is 4.89 Å². The van der Waals surface area contributed by atoms with Gasteiger partial charge in [0.25, 0.3) is 7.82 Å². The van der Waals surface area contributed by atoms with Gasteiger partial charge in [0.1, 0.15) is 19.8 Å². The lowest BCUT2D eigenvalue weighted by atomic mass is 10.1. The average molecular weight is 848 g/mol. The first-order valence-corrected chi connectivity index (χ1v) is 23.9. The molecule has 0 aliphatic carbocycles. The van der Waals surface area contributed by atoms with Crippen molar-refractivity contribution >= 4 is 19.8 Å². The normalized spacial score (nSPS) is 14.9. The maximum Gasteiger partial charge on any atom is 0.306 e. The number of nitrogens with zero attached hydrogens (tertiary/aromatic N) is 1. The summed E-state index contributed by atoms with van der Waals surface area (Å²) in [7, 11) is 1.03. The molecule has 0 spiro atoms. The zero-order valence-electron chi connectivity index (χ0n) is 37.5. The summed E-state index contributed by atoms with van der Waals surface area (Å²) in [5.41, 5.74) is 0. The van der Waals surface area contributed by atoms with Gasteiger partial charge in [-0.1, -0.05) is 150 Å². The molecule has 0 radical (unpaired) electrons. The summed E-state index contributed by atoms with van der Waals surface area (Å²) in [4.78, 5) is 37.6. The van der Waals surface area contributed by atoms with Gasteiger partial charge in [0.2, 0.25) is 0 Å². The van der Waals surface area contributed by atoms with Gasteiger partial charge in [-0.15, -0.1) is 0 Å². The van der Waals surface area contributed by atoms with Gasteiger partial charge in [0.15, 0.2) is 6.10 Å². The van der Waals surface area contributed by atoms with Gasteiger partial charge in [0, 0.05) is 12.8 Å². The number of phosphoric ester groups is 1. The Kier molecular flexibility index (Phi) is 37.4. The summed E-state index contributed by atoms with van der Waals surface area (Å²) in [6, 6.07) is 0. The molecule has 3 atom stereocenters. The molecule has 338 valence electrons. The van der Waals surface area contributed by atoms with Crippen molar-refractivity contribution in [1.82, 2.24) is 0 Å². The number of allylic oxidation sites excluding steroid dienone is 13. The summed E-state index contributed by atoms with van der Waals surface area (Å²) in [6.07, 6.45) is 46.6. The minimum Gasteiger partial charge on any atom is -0.756 e. The van der Waals surface area contributed by atoms with Crippen molar-refractivity contribution in [1.29, 1.82) is 0 Å². The van der Waals surface area contributed by atoms with E-state index in [1.807, 2.05) is 33.3 Å². The van der Waals surface area contributed by atoms with Gasteiger partial charge in [0.05, 0.1) is 33.9 Å². The molecule has 11 heteroatoms. The number of aliphatic hydroxyl groups excluding tert-OH is 1. The minimum atomic E-state index is -4.69. The van der Waals surface area contributed by atoms with Crippen LogP contribution in [0.3, 0.4) is 0 Å². The quantitative estimate of drug-likeness (QED) is 0.0160. The number of aliphatic hydroxyl groups is 1. The van der Waals surface area contributed by atoms with Crippen LogP contribution in [0.25, 0.3) is 0 Å². The first-order valence-electron chi connectivity index (χ1n) is 22.4. The first-order chi connectivity index (χ1) is 28.4. The molecule has 2 unspecified atom stereocenters. The lowest BCUT2D eigenvalue weighted by molar-refractivity contribution is -0.870. The molecule has 0 aliphatic heterocycles. The Hall–Kier alpha value is -2.85. The lowest BCUT2D eigenvalue weighted by Crippen LogP contribution is -2.37. The van der Waals surface area contributed by atoms with E-state index in [0.29, 0.717) is 17.4 Å². The number of hydrogen-bond donors (Lipinski definition) is 1. The smallest absolute Gasteiger partial charge is 0.306 e. The molecule has 0 aromatic rings. The van der Waals surface area contributed by atoms with E-state index in [-0.39, 0.29) is 32.5 Å². The number of phosphoric acid groups is 1. The Balaban J connectivity index is 4.60. The van der Waals surface area contributed by atoms with Crippen LogP contribution in [0.2, 0.25) is 0 Å². The first kappa shape index (κ1) is 56.1. The van der Waals surface area contributed by atoms with Crippen molar-refractivity contribution in [2.45, 2.75) is 161 Å². The summed E-state index contributed by atoms with van der Waals surface area (Å²) >= 11 is 0. The molecule has 0 saturated heterocycles. The topological polar surface area (TPSA) is 131 Å². The largest absolute Gasteiger partial charge is 0.756 e. The van der Waals surface area contributed by atoms with Crippen LogP contribution in [-0.2, 0) is 32.7 Å². The zero-order valence-corrected chi connectivity index (χ0v) is 38.4. The molecular weight excluding hydrogens is 765 g/mol. The molecule has 0 bridgehead atoms. The molecule has 0 aromatic carbocycles. The Morgan fingerprint density at radius 2 is 1.19 bits per heavy atom. The number of ether oxygens (including phenoxy) is 2. The maximum atomic E-state index is 12.7. The second-order valence-electron chi connectivity index (χ2n) is 15.9. The van der Waals surface area contributed by atoms with Crippen molar-refractivity contribution in [3.8, 4) is 0 Å². The van der Waals surface area contributed by atoms with Gasteiger partial charge in [-0.2, -0.15) is 0 Å². The van der Waals surface area contributed by atoms with Crippen LogP contribution >= 0.6 is 7.82 Å². The predicted octanol–water partition coefficient (Wildman–Crippen LogP) is 11.1. The second kappa shape index (κ2) is 39.3. The molecule has 0 aromatic heterocycles. The Morgan fingerprint density at radius 3 is 1.76 bits per heavy atom. The van der Waals surface area contributed by atoms with E-state index in [4.69, 9.17) is 18.5 Å². The van der Waals surface area contributed by atoms with E-state index < -0.39 is 38.6 Å². The third-order valence-corrected chi connectivity index (χ3v) is 9.98. The van der Waals surface area contributed by atoms with Gasteiger partial charge in [-0.3, -0.25) is 14.2 Å². The number of carbonyl (C=O) groups excluding carboxylic acids is 2. The number of hydrogen-bond acceptors (Lipinski definition) is 9. The number of carbonyl (C=O) groups is 2. The molecule has 0 aliphatic rings. The monoisotopic (exact) mass is 848 g/mol. The summed E-state index contributed by atoms with van der Waals surface area (Å²) in [5.74, 6) is -1.13. The van der Waals surface area contributed by atoms with Crippen LogP contribution in [0.5, 0.6) is 0 Å². The minimum absolute atomic E-state index is 0.0716. The highest BCUT2D eigenvalue weighted by molar-refractivity contribution is 7.45. The van der Waals surface area contributed by atoms with E-state index in [0.717, 1.165) is 57.8 Å². The fourth-order valence-electron chi connectivity index (χ4n) is 5.46. The maximum absolute atomic E-state index is 12.7. The fraction of sp³-hybridized carbons (Fsp3) is 0.667. The van der Waals surface area contributed by atoms with Crippen molar-refractivity contribution in [3.63, 3.8) is 0 Å². The Labute approximate surface area is 359 Å². The van der Waals surface area contributed by atoms with E-state index in [9.17, 15) is 24.2 Å². The highest BCUT2D eigenvalue weighted by Gasteiger charge is 2.22. The second-order valence-corrected chi connectivity index (χ2v) is 17.3. The van der Waals surface area contributed by atoms with Gasteiger partial charge in [-0.05, 0) is 70.6 Å². The van der Waals surface area contributed by atoms with Crippen molar-refractivity contribution in [2.75, 3.05) is 47.5 Å². The highest BCUT2D eigenvalue weighted by atomic mass is 31.2. The number of quaternary nitrogens is 1. The molecule has 0 rings (SSSR count). The van der Waals surface area contributed by atoms with E-state index in [1.54, 1.807) is 12.2 Å². The standard InChI is InChI=1S/C48H82NO9P/c1-6-8-10-12-14-16-18-20-22-24-25-27-29-31-33-35-37-45(50)39-40-47(51)55-43-46(44-57-59(53,54)56-42-41-49(3,4)5)58-48(52)38-36-34-32-30-28-26-23-21-19-17-15-13-11-9-7-2/h8,10,14,16-17,19-20,22,25,27,31,33,35,37,45-46,50H,6-7,9,11-13,15,18,21,23-24,26,28-30,32,34,36,38-44H2,1-5H3/b10-8-,16-14-,19-17-,22-20-,27-25-,33-31-,37-35-/t45?,46-/m1/s1. The van der Waals surface area contributed by atoms with Crippen molar-refractivity contribution in [3.05, 3.63) is 85.1 Å². The van der Waals surface area contributed by atoms with Crippen LogP contribution in [0, 0.1) is 0 Å².